The molecule has 0 N–H and O–H groups in total. The van der Waals surface area contributed by atoms with Gasteiger partial charge in [0.05, 0.1) is 0 Å². The van der Waals surface area contributed by atoms with Crippen LogP contribution in [0.4, 0.5) is 10.2 Å². The van der Waals surface area contributed by atoms with Crippen LogP contribution >= 0.6 is 0 Å². The number of hydrogen-bond donors (Lipinski definition) is 0. The van der Waals surface area contributed by atoms with E-state index in [-0.39, 0.29) is 10.7 Å². The average Bonchev–Trinajstić information content (AvgIpc) is 2.76. The molecule has 9 heteroatoms. The van der Waals surface area contributed by atoms with Crippen LogP contribution in [0.25, 0.3) is 0 Å². The molecule has 2 aliphatic rings. The van der Waals surface area contributed by atoms with E-state index >= 15 is 0 Å². The smallest absolute Gasteiger partial charge is 0.244 e. The van der Waals surface area contributed by atoms with Crippen molar-refractivity contribution in [2.75, 3.05) is 64.3 Å². The third kappa shape index (κ3) is 4.64. The largest absolute Gasteiger partial charge is 0.354 e. The Balaban J connectivity index is 1.35. The van der Waals surface area contributed by atoms with E-state index < -0.39 is 10.0 Å². The summed E-state index contributed by atoms with van der Waals surface area (Å²) in [5.41, 5.74) is 0.711. The van der Waals surface area contributed by atoms with Crippen LogP contribution < -0.4 is 4.90 Å². The van der Waals surface area contributed by atoms with Crippen LogP contribution in [0.1, 0.15) is 5.56 Å². The number of hydrogen-bond acceptors (Lipinski definition) is 6. The molecular formula is C21H28FN5O2S. The highest BCUT2D eigenvalue weighted by Crippen LogP contribution is 2.21. The number of likely N-dealkylation sites (N-methyl/N-ethyl adjacent to an activating group) is 1. The van der Waals surface area contributed by atoms with Crippen LogP contribution in [-0.2, 0) is 16.6 Å². The summed E-state index contributed by atoms with van der Waals surface area (Å²) < 4.78 is 41.1. The molecule has 1 aromatic carbocycles. The molecule has 3 heterocycles. The van der Waals surface area contributed by atoms with Gasteiger partial charge in [-0.25, -0.2) is 17.8 Å². The Morgan fingerprint density at radius 3 is 2.27 bits per heavy atom. The molecule has 2 fully saturated rings. The van der Waals surface area contributed by atoms with Gasteiger partial charge < -0.3 is 9.80 Å². The Bertz CT molecular complexity index is 954. The minimum atomic E-state index is -3.50. The van der Waals surface area contributed by atoms with Crippen molar-refractivity contribution < 1.29 is 12.8 Å². The van der Waals surface area contributed by atoms with Crippen LogP contribution in [0.3, 0.4) is 0 Å². The van der Waals surface area contributed by atoms with Crippen LogP contribution in [0, 0.1) is 5.82 Å². The van der Waals surface area contributed by atoms with Gasteiger partial charge in [-0.05, 0) is 25.2 Å². The quantitative estimate of drug-likeness (QED) is 0.712. The molecule has 0 saturated carbocycles. The van der Waals surface area contributed by atoms with Gasteiger partial charge in [0.2, 0.25) is 10.0 Å². The summed E-state index contributed by atoms with van der Waals surface area (Å²) in [6, 6.07) is 10.3. The van der Waals surface area contributed by atoms with Crippen molar-refractivity contribution in [2.24, 2.45) is 0 Å². The van der Waals surface area contributed by atoms with Gasteiger partial charge >= 0.3 is 0 Å². The van der Waals surface area contributed by atoms with Crippen molar-refractivity contribution in [3.63, 3.8) is 0 Å². The van der Waals surface area contributed by atoms with Crippen LogP contribution in [0.5, 0.6) is 0 Å². The summed E-state index contributed by atoms with van der Waals surface area (Å²) in [6.07, 6.45) is 1.47. The van der Waals surface area contributed by atoms with Gasteiger partial charge in [-0.15, -0.1) is 0 Å². The van der Waals surface area contributed by atoms with Gasteiger partial charge in [0.25, 0.3) is 0 Å². The predicted octanol–water partition coefficient (Wildman–Crippen LogP) is 1.48. The van der Waals surface area contributed by atoms with Crippen LogP contribution in [0.2, 0.25) is 0 Å². The fourth-order valence-corrected chi connectivity index (χ4v) is 5.26. The first kappa shape index (κ1) is 21.2. The fraction of sp³-hybridized carbons (Fsp3) is 0.476. The molecule has 0 atom stereocenters. The second-order valence-corrected chi connectivity index (χ2v) is 9.85. The first-order valence-corrected chi connectivity index (χ1v) is 11.7. The third-order valence-electron chi connectivity index (χ3n) is 5.87. The summed E-state index contributed by atoms with van der Waals surface area (Å²) in [7, 11) is -1.50. The van der Waals surface area contributed by atoms with E-state index in [0.717, 1.165) is 45.1 Å². The number of piperazine rings is 2. The van der Waals surface area contributed by atoms with Crippen molar-refractivity contribution in [2.45, 2.75) is 11.4 Å². The zero-order chi connectivity index (χ0) is 21.1. The summed E-state index contributed by atoms with van der Waals surface area (Å²) >= 11 is 0. The molecule has 1 aromatic heterocycles. The first-order chi connectivity index (χ1) is 14.4. The lowest BCUT2D eigenvalue weighted by Gasteiger charge is -2.35. The van der Waals surface area contributed by atoms with E-state index in [1.807, 2.05) is 19.2 Å². The minimum absolute atomic E-state index is 0.168. The Morgan fingerprint density at radius 2 is 1.63 bits per heavy atom. The number of sulfonamides is 1. The van der Waals surface area contributed by atoms with Crippen molar-refractivity contribution in [3.8, 4) is 0 Å². The number of rotatable bonds is 5. The van der Waals surface area contributed by atoms with E-state index in [1.54, 1.807) is 18.2 Å². The van der Waals surface area contributed by atoms with Crippen LogP contribution in [-0.4, -0.2) is 86.9 Å². The molecule has 2 aromatic rings. The van der Waals surface area contributed by atoms with Crippen molar-refractivity contribution in [1.29, 1.82) is 0 Å². The van der Waals surface area contributed by atoms with Gasteiger partial charge in [-0.1, -0.05) is 18.2 Å². The monoisotopic (exact) mass is 433 g/mol. The second-order valence-electron chi connectivity index (χ2n) is 7.91. The van der Waals surface area contributed by atoms with E-state index in [2.05, 4.69) is 19.7 Å². The van der Waals surface area contributed by atoms with Gasteiger partial charge in [-0.2, -0.15) is 4.31 Å². The maximum Gasteiger partial charge on any atom is 0.244 e. The number of pyridine rings is 1. The van der Waals surface area contributed by atoms with Crippen LogP contribution in [0.15, 0.2) is 47.5 Å². The number of anilines is 1. The van der Waals surface area contributed by atoms with Crippen molar-refractivity contribution in [3.05, 3.63) is 54.0 Å². The SMILES string of the molecule is CN1CCN(S(=O)(=O)c2ccc(N3CCN(Cc4ccccc4F)CC3)nc2)CC1. The van der Waals surface area contributed by atoms with E-state index in [0.29, 0.717) is 25.2 Å². The molecule has 2 saturated heterocycles. The normalized spacial score (nSPS) is 19.9. The highest BCUT2D eigenvalue weighted by Gasteiger charge is 2.28. The molecule has 0 spiro atoms. The lowest BCUT2D eigenvalue weighted by Crippen LogP contribution is -2.47. The summed E-state index contributed by atoms with van der Waals surface area (Å²) in [4.78, 5) is 11.2. The maximum atomic E-state index is 13.9. The highest BCUT2D eigenvalue weighted by molar-refractivity contribution is 7.89. The standard InChI is InChI=1S/C21H28FN5O2S/c1-24-8-14-27(15-9-24)30(28,29)19-6-7-21(23-16-19)26-12-10-25(11-13-26)17-18-4-2-3-5-20(18)22/h2-7,16H,8-15,17H2,1H3. The van der Waals surface area contributed by atoms with Gasteiger partial charge in [-0.3, -0.25) is 4.90 Å². The van der Waals surface area contributed by atoms with Crippen molar-refractivity contribution >= 4 is 15.8 Å². The molecular weight excluding hydrogens is 405 g/mol. The molecule has 0 amide bonds. The molecule has 162 valence electrons. The molecule has 30 heavy (non-hydrogen) atoms. The molecule has 0 radical (unpaired) electrons. The molecule has 0 aliphatic carbocycles. The first-order valence-electron chi connectivity index (χ1n) is 10.3. The van der Waals surface area contributed by atoms with E-state index in [1.165, 1.54) is 16.6 Å². The van der Waals surface area contributed by atoms with Gasteiger partial charge in [0.15, 0.2) is 0 Å². The molecule has 0 unspecified atom stereocenters. The average molecular weight is 434 g/mol. The molecule has 0 bridgehead atoms. The Kier molecular flexibility index (Phi) is 6.33. The zero-order valence-corrected chi connectivity index (χ0v) is 18.1. The number of aromatic nitrogens is 1. The number of halogens is 1. The number of nitrogens with zero attached hydrogens (tertiary/aromatic N) is 5. The molecule has 2 aliphatic heterocycles. The predicted molar refractivity (Wildman–Crippen MR) is 114 cm³/mol. The maximum absolute atomic E-state index is 13.9. The highest BCUT2D eigenvalue weighted by atomic mass is 32.2. The molecule has 7 nitrogen and oxygen atoms in total. The summed E-state index contributed by atoms with van der Waals surface area (Å²) in [5, 5.41) is 0. The fourth-order valence-electron chi connectivity index (χ4n) is 3.89. The Labute approximate surface area is 177 Å². The lowest BCUT2D eigenvalue weighted by molar-refractivity contribution is 0.222. The topological polar surface area (TPSA) is 60.0 Å². The van der Waals surface area contributed by atoms with Gasteiger partial charge in [0, 0.05) is 70.7 Å². The zero-order valence-electron chi connectivity index (χ0n) is 17.2. The third-order valence-corrected chi connectivity index (χ3v) is 7.75. The Morgan fingerprint density at radius 1 is 0.933 bits per heavy atom. The van der Waals surface area contributed by atoms with E-state index in [4.69, 9.17) is 0 Å². The van der Waals surface area contributed by atoms with E-state index in [9.17, 15) is 12.8 Å². The molecule has 4 rings (SSSR count). The summed E-state index contributed by atoms with van der Waals surface area (Å²) in [5.74, 6) is 0.608. The van der Waals surface area contributed by atoms with Crippen molar-refractivity contribution in [1.82, 2.24) is 19.1 Å². The second kappa shape index (κ2) is 8.97. The lowest BCUT2D eigenvalue weighted by atomic mass is 10.2. The van der Waals surface area contributed by atoms with Gasteiger partial charge in [0.1, 0.15) is 16.5 Å². The number of benzene rings is 1. The summed E-state index contributed by atoms with van der Waals surface area (Å²) in [6.45, 7) is 6.22. The Hall–Kier alpha value is -2.07. The minimum Gasteiger partial charge on any atom is -0.354 e.